The minimum atomic E-state index is -0.968. The average Bonchev–Trinajstić information content (AvgIpc) is 2.03. The zero-order valence-electron chi connectivity index (χ0n) is 7.04. The van der Waals surface area contributed by atoms with Crippen molar-refractivity contribution in [1.82, 2.24) is 0 Å². The van der Waals surface area contributed by atoms with Crippen molar-refractivity contribution in [2.75, 3.05) is 0 Å². The first-order valence-corrected chi connectivity index (χ1v) is 4.59. The van der Waals surface area contributed by atoms with E-state index in [-0.39, 0.29) is 0 Å². The lowest BCUT2D eigenvalue weighted by Gasteiger charge is -2.15. The Morgan fingerprint density at radius 1 is 1.23 bits per heavy atom. The van der Waals surface area contributed by atoms with E-state index in [4.69, 9.17) is 28.3 Å². The van der Waals surface area contributed by atoms with Crippen molar-refractivity contribution in [3.8, 4) is 0 Å². The van der Waals surface area contributed by atoms with Gasteiger partial charge in [-0.25, -0.2) is 0 Å². The Bertz CT molecular complexity index is 300. The molecular formula is C9H10Cl2O2. The van der Waals surface area contributed by atoms with Gasteiger partial charge in [0.2, 0.25) is 0 Å². The Morgan fingerprint density at radius 2 is 1.85 bits per heavy atom. The maximum atomic E-state index is 9.49. The first-order chi connectivity index (χ1) is 6.02. The quantitative estimate of drug-likeness (QED) is 0.804. The maximum absolute atomic E-state index is 9.49. The molecule has 0 fully saturated rings. The minimum Gasteiger partial charge on any atom is -0.390 e. The van der Waals surface area contributed by atoms with Crippen molar-refractivity contribution < 1.29 is 10.2 Å². The number of rotatable bonds is 2. The molecule has 0 saturated carbocycles. The lowest BCUT2D eigenvalue weighted by molar-refractivity contribution is 0.0306. The Hall–Kier alpha value is -0.280. The monoisotopic (exact) mass is 220 g/mol. The van der Waals surface area contributed by atoms with E-state index in [0.717, 1.165) is 0 Å². The maximum Gasteiger partial charge on any atom is 0.106 e. The predicted molar refractivity (Wildman–Crippen MR) is 53.1 cm³/mol. The molecule has 0 bridgehead atoms. The Balaban J connectivity index is 3.01. The third-order valence-electron chi connectivity index (χ3n) is 1.74. The molecule has 0 saturated heterocycles. The summed E-state index contributed by atoms with van der Waals surface area (Å²) in [4.78, 5) is 0. The van der Waals surface area contributed by atoms with Crippen LogP contribution in [0.1, 0.15) is 18.6 Å². The number of hydrogen-bond donors (Lipinski definition) is 2. The number of aliphatic hydroxyl groups excluding tert-OH is 2. The largest absolute Gasteiger partial charge is 0.390 e. The van der Waals surface area contributed by atoms with Crippen LogP contribution in [-0.4, -0.2) is 16.3 Å². The molecule has 0 aliphatic rings. The van der Waals surface area contributed by atoms with E-state index in [1.54, 1.807) is 12.1 Å². The molecule has 2 atom stereocenters. The van der Waals surface area contributed by atoms with E-state index in [2.05, 4.69) is 0 Å². The molecular weight excluding hydrogens is 211 g/mol. The van der Waals surface area contributed by atoms with Gasteiger partial charge < -0.3 is 10.2 Å². The molecule has 1 rings (SSSR count). The number of hydrogen-bond acceptors (Lipinski definition) is 2. The fourth-order valence-electron chi connectivity index (χ4n) is 1.00. The van der Waals surface area contributed by atoms with E-state index in [0.29, 0.717) is 15.6 Å². The summed E-state index contributed by atoms with van der Waals surface area (Å²) >= 11 is 11.5. The molecule has 72 valence electrons. The summed E-state index contributed by atoms with van der Waals surface area (Å²) in [6, 6.07) is 4.75. The van der Waals surface area contributed by atoms with Gasteiger partial charge in [0.15, 0.2) is 0 Å². The molecule has 4 heteroatoms. The van der Waals surface area contributed by atoms with Crippen molar-refractivity contribution in [2.24, 2.45) is 0 Å². The van der Waals surface area contributed by atoms with Crippen molar-refractivity contribution in [2.45, 2.75) is 19.1 Å². The molecule has 0 amide bonds. The SMILES string of the molecule is C[C@@H](O)C(O)c1ccc(Cl)cc1Cl. The average molecular weight is 221 g/mol. The van der Waals surface area contributed by atoms with Crippen LogP contribution in [0.3, 0.4) is 0 Å². The van der Waals surface area contributed by atoms with E-state index in [1.165, 1.54) is 13.0 Å². The first-order valence-electron chi connectivity index (χ1n) is 3.83. The van der Waals surface area contributed by atoms with Gasteiger partial charge in [0, 0.05) is 15.6 Å². The number of halogens is 2. The van der Waals surface area contributed by atoms with Crippen LogP contribution in [0.25, 0.3) is 0 Å². The van der Waals surface area contributed by atoms with Gasteiger partial charge in [0.1, 0.15) is 6.10 Å². The molecule has 0 heterocycles. The third-order valence-corrected chi connectivity index (χ3v) is 2.30. The molecule has 0 aliphatic carbocycles. The Morgan fingerprint density at radius 3 is 2.31 bits per heavy atom. The Kier molecular flexibility index (Phi) is 3.56. The highest BCUT2D eigenvalue weighted by Crippen LogP contribution is 2.27. The fourth-order valence-corrected chi connectivity index (χ4v) is 1.52. The highest BCUT2D eigenvalue weighted by atomic mass is 35.5. The molecule has 13 heavy (non-hydrogen) atoms. The van der Waals surface area contributed by atoms with Crippen molar-refractivity contribution >= 4 is 23.2 Å². The minimum absolute atomic E-state index is 0.362. The summed E-state index contributed by atoms with van der Waals surface area (Å²) in [6.07, 6.45) is -1.82. The topological polar surface area (TPSA) is 40.5 Å². The summed E-state index contributed by atoms with van der Waals surface area (Å²) in [7, 11) is 0. The standard InChI is InChI=1S/C9H10Cl2O2/c1-5(12)9(13)7-3-2-6(10)4-8(7)11/h2-5,9,12-13H,1H3/t5-,9?/m1/s1. The molecule has 1 aromatic rings. The summed E-state index contributed by atoms with van der Waals surface area (Å²) in [5, 5.41) is 19.5. The molecule has 0 aromatic heterocycles. The highest BCUT2D eigenvalue weighted by Gasteiger charge is 2.16. The lowest BCUT2D eigenvalue weighted by atomic mass is 10.1. The normalized spacial score (nSPS) is 15.5. The first kappa shape index (κ1) is 10.8. The van der Waals surface area contributed by atoms with Gasteiger partial charge in [-0.1, -0.05) is 29.3 Å². The van der Waals surface area contributed by atoms with Crippen LogP contribution in [0.2, 0.25) is 10.0 Å². The summed E-state index contributed by atoms with van der Waals surface area (Å²) in [5.74, 6) is 0. The van der Waals surface area contributed by atoms with Gasteiger partial charge >= 0.3 is 0 Å². The molecule has 0 radical (unpaired) electrons. The van der Waals surface area contributed by atoms with Gasteiger partial charge in [-0.3, -0.25) is 0 Å². The zero-order valence-corrected chi connectivity index (χ0v) is 8.55. The van der Waals surface area contributed by atoms with Gasteiger partial charge in [0.25, 0.3) is 0 Å². The molecule has 0 spiro atoms. The van der Waals surface area contributed by atoms with Crippen LogP contribution in [0.4, 0.5) is 0 Å². The van der Waals surface area contributed by atoms with Crippen LogP contribution >= 0.6 is 23.2 Å². The molecule has 2 nitrogen and oxygen atoms in total. The van der Waals surface area contributed by atoms with Crippen molar-refractivity contribution in [1.29, 1.82) is 0 Å². The number of aliphatic hydroxyl groups is 2. The third kappa shape index (κ3) is 2.58. The van der Waals surface area contributed by atoms with E-state index < -0.39 is 12.2 Å². The molecule has 1 unspecified atom stereocenters. The van der Waals surface area contributed by atoms with Gasteiger partial charge in [-0.15, -0.1) is 0 Å². The van der Waals surface area contributed by atoms with Crippen molar-refractivity contribution in [3.05, 3.63) is 33.8 Å². The van der Waals surface area contributed by atoms with Gasteiger partial charge in [-0.2, -0.15) is 0 Å². The van der Waals surface area contributed by atoms with E-state index >= 15 is 0 Å². The Labute approximate surface area is 86.7 Å². The second-order valence-electron chi connectivity index (χ2n) is 2.85. The second kappa shape index (κ2) is 4.29. The van der Waals surface area contributed by atoms with Crippen LogP contribution in [0.5, 0.6) is 0 Å². The van der Waals surface area contributed by atoms with Crippen LogP contribution in [0, 0.1) is 0 Å². The smallest absolute Gasteiger partial charge is 0.106 e. The van der Waals surface area contributed by atoms with Crippen molar-refractivity contribution in [3.63, 3.8) is 0 Å². The molecule has 0 aliphatic heterocycles. The van der Waals surface area contributed by atoms with Crippen LogP contribution in [0.15, 0.2) is 18.2 Å². The highest BCUT2D eigenvalue weighted by molar-refractivity contribution is 6.35. The zero-order chi connectivity index (χ0) is 10.0. The summed E-state index contributed by atoms with van der Waals surface area (Å²) in [6.45, 7) is 1.50. The predicted octanol–water partition coefficient (Wildman–Crippen LogP) is 2.41. The van der Waals surface area contributed by atoms with Gasteiger partial charge in [-0.05, 0) is 19.1 Å². The summed E-state index contributed by atoms with van der Waals surface area (Å²) in [5.41, 5.74) is 0.487. The number of benzene rings is 1. The fraction of sp³-hybridized carbons (Fsp3) is 0.333. The molecule has 2 N–H and O–H groups in total. The lowest BCUT2D eigenvalue weighted by Crippen LogP contribution is -2.14. The second-order valence-corrected chi connectivity index (χ2v) is 3.69. The summed E-state index contributed by atoms with van der Waals surface area (Å²) < 4.78 is 0. The van der Waals surface area contributed by atoms with E-state index in [9.17, 15) is 5.11 Å². The van der Waals surface area contributed by atoms with Gasteiger partial charge in [0.05, 0.1) is 6.10 Å². The molecule has 1 aromatic carbocycles. The van der Waals surface area contributed by atoms with Crippen LogP contribution in [-0.2, 0) is 0 Å². The van der Waals surface area contributed by atoms with Crippen LogP contribution < -0.4 is 0 Å². The van der Waals surface area contributed by atoms with E-state index in [1.807, 2.05) is 0 Å².